The van der Waals surface area contributed by atoms with Crippen molar-refractivity contribution in [3.8, 4) is 0 Å². The zero-order chi connectivity index (χ0) is 19.2. The Morgan fingerprint density at radius 2 is 1.85 bits per heavy atom. The largest absolute Gasteiger partial charge is 0.345 e. The zero-order valence-electron chi connectivity index (χ0n) is 15.9. The van der Waals surface area contributed by atoms with E-state index in [1.54, 1.807) is 0 Å². The Kier molecular flexibility index (Phi) is 6.36. The summed E-state index contributed by atoms with van der Waals surface area (Å²) in [7, 11) is 0. The number of nitrogens with zero attached hydrogens (tertiary/aromatic N) is 2. The lowest BCUT2D eigenvalue weighted by atomic mass is 10.1. The fourth-order valence-electron chi connectivity index (χ4n) is 3.18. The topological polar surface area (TPSA) is 25.2 Å². The SMILES string of the molecule is CCCN(Cc1cccn1Cc1cccc(Cl)c1)C(=O)c1ccc(C)cc1. The number of halogens is 1. The van der Waals surface area contributed by atoms with Crippen molar-refractivity contribution < 1.29 is 4.79 Å². The molecule has 0 saturated carbocycles. The molecule has 0 saturated heterocycles. The number of amides is 1. The maximum Gasteiger partial charge on any atom is 0.254 e. The van der Waals surface area contributed by atoms with Crippen molar-refractivity contribution in [1.82, 2.24) is 9.47 Å². The van der Waals surface area contributed by atoms with Gasteiger partial charge in [0.05, 0.1) is 6.54 Å². The number of carbonyl (C=O) groups excluding carboxylic acids is 1. The summed E-state index contributed by atoms with van der Waals surface area (Å²) < 4.78 is 2.18. The molecule has 0 bridgehead atoms. The van der Waals surface area contributed by atoms with Crippen molar-refractivity contribution in [3.63, 3.8) is 0 Å². The van der Waals surface area contributed by atoms with Gasteiger partial charge in [0.25, 0.3) is 5.91 Å². The quantitative estimate of drug-likeness (QED) is 0.527. The summed E-state index contributed by atoms with van der Waals surface area (Å²) in [6.07, 6.45) is 2.98. The summed E-state index contributed by atoms with van der Waals surface area (Å²) in [4.78, 5) is 14.9. The molecule has 0 aliphatic carbocycles. The average Bonchev–Trinajstić information content (AvgIpc) is 3.08. The summed E-state index contributed by atoms with van der Waals surface area (Å²) in [5.41, 5.74) is 4.15. The first kappa shape index (κ1) is 19.2. The van der Waals surface area contributed by atoms with E-state index in [1.165, 1.54) is 0 Å². The van der Waals surface area contributed by atoms with Crippen LogP contribution < -0.4 is 0 Å². The Morgan fingerprint density at radius 1 is 1.07 bits per heavy atom. The molecular formula is C23H25ClN2O. The molecule has 3 rings (SSSR count). The van der Waals surface area contributed by atoms with Gasteiger partial charge in [-0.15, -0.1) is 0 Å². The molecule has 0 aliphatic heterocycles. The van der Waals surface area contributed by atoms with E-state index in [0.29, 0.717) is 6.54 Å². The maximum absolute atomic E-state index is 13.0. The Hall–Kier alpha value is -2.52. The second-order valence-electron chi connectivity index (χ2n) is 6.85. The molecule has 0 unspecified atom stereocenters. The summed E-state index contributed by atoms with van der Waals surface area (Å²) in [6.45, 7) is 6.19. The second-order valence-corrected chi connectivity index (χ2v) is 7.29. The van der Waals surface area contributed by atoms with E-state index in [-0.39, 0.29) is 5.91 Å². The molecule has 140 valence electrons. The van der Waals surface area contributed by atoms with Crippen molar-refractivity contribution in [2.24, 2.45) is 0 Å². The number of aryl methyl sites for hydroxylation is 1. The molecule has 2 aromatic carbocycles. The van der Waals surface area contributed by atoms with Gasteiger partial charge in [0.1, 0.15) is 0 Å². The summed E-state index contributed by atoms with van der Waals surface area (Å²) in [5.74, 6) is 0.0763. The first-order chi connectivity index (χ1) is 13.1. The summed E-state index contributed by atoms with van der Waals surface area (Å²) >= 11 is 6.11. The van der Waals surface area contributed by atoms with Crippen molar-refractivity contribution in [2.75, 3.05) is 6.54 Å². The van der Waals surface area contributed by atoms with E-state index >= 15 is 0 Å². The van der Waals surface area contributed by atoms with Gasteiger partial charge in [-0.1, -0.05) is 48.4 Å². The van der Waals surface area contributed by atoms with Crippen LogP contribution >= 0.6 is 11.6 Å². The van der Waals surface area contributed by atoms with Crippen LogP contribution in [0, 0.1) is 6.92 Å². The Bertz CT molecular complexity index is 899. The fourth-order valence-corrected chi connectivity index (χ4v) is 3.39. The lowest BCUT2D eigenvalue weighted by Crippen LogP contribution is -2.32. The van der Waals surface area contributed by atoms with Gasteiger partial charge in [0.15, 0.2) is 0 Å². The third-order valence-corrected chi connectivity index (χ3v) is 4.83. The van der Waals surface area contributed by atoms with Crippen LogP contribution in [0.5, 0.6) is 0 Å². The number of benzene rings is 2. The van der Waals surface area contributed by atoms with Crippen LogP contribution in [0.25, 0.3) is 0 Å². The van der Waals surface area contributed by atoms with Gasteiger partial charge in [-0.3, -0.25) is 4.79 Å². The van der Waals surface area contributed by atoms with E-state index in [2.05, 4.69) is 29.8 Å². The van der Waals surface area contributed by atoms with Crippen LogP contribution in [0.2, 0.25) is 5.02 Å². The van der Waals surface area contributed by atoms with E-state index in [1.807, 2.05) is 60.4 Å². The Morgan fingerprint density at radius 3 is 2.56 bits per heavy atom. The molecular weight excluding hydrogens is 356 g/mol. The van der Waals surface area contributed by atoms with Gasteiger partial charge in [0.2, 0.25) is 0 Å². The molecule has 0 fully saturated rings. The van der Waals surface area contributed by atoms with Gasteiger partial charge in [-0.25, -0.2) is 0 Å². The van der Waals surface area contributed by atoms with Gasteiger partial charge >= 0.3 is 0 Å². The molecule has 4 heteroatoms. The third-order valence-electron chi connectivity index (χ3n) is 4.60. The van der Waals surface area contributed by atoms with Crippen LogP contribution in [-0.2, 0) is 13.1 Å². The summed E-state index contributed by atoms with van der Waals surface area (Å²) in [5, 5.41) is 0.739. The molecule has 0 radical (unpaired) electrons. The lowest BCUT2D eigenvalue weighted by molar-refractivity contribution is 0.0739. The second kappa shape index (κ2) is 8.92. The van der Waals surface area contributed by atoms with Crippen LogP contribution in [0.1, 0.15) is 40.5 Å². The zero-order valence-corrected chi connectivity index (χ0v) is 16.6. The minimum atomic E-state index is 0.0763. The first-order valence-corrected chi connectivity index (χ1v) is 9.69. The van der Waals surface area contributed by atoms with E-state index in [4.69, 9.17) is 11.6 Å². The number of hydrogen-bond donors (Lipinski definition) is 0. The predicted octanol–water partition coefficient (Wildman–Crippen LogP) is 5.55. The number of rotatable bonds is 7. The maximum atomic E-state index is 13.0. The third kappa shape index (κ3) is 5.01. The number of hydrogen-bond acceptors (Lipinski definition) is 1. The van der Waals surface area contributed by atoms with E-state index in [9.17, 15) is 4.79 Å². The van der Waals surface area contributed by atoms with Gasteiger partial charge < -0.3 is 9.47 Å². The van der Waals surface area contributed by atoms with Gasteiger partial charge in [-0.05, 0) is 55.3 Å². The van der Waals surface area contributed by atoms with Crippen molar-refractivity contribution in [2.45, 2.75) is 33.4 Å². The standard InChI is InChI=1S/C23H25ClN2O/c1-3-13-26(23(27)20-11-9-18(2)10-12-20)17-22-8-5-14-25(22)16-19-6-4-7-21(24)15-19/h4-12,14-15H,3,13,16-17H2,1-2H3. The van der Waals surface area contributed by atoms with Crippen molar-refractivity contribution >= 4 is 17.5 Å². The van der Waals surface area contributed by atoms with E-state index in [0.717, 1.165) is 46.9 Å². The summed E-state index contributed by atoms with van der Waals surface area (Å²) in [6, 6.07) is 19.8. The highest BCUT2D eigenvalue weighted by molar-refractivity contribution is 6.30. The highest BCUT2D eigenvalue weighted by atomic mass is 35.5. The highest BCUT2D eigenvalue weighted by Crippen LogP contribution is 2.16. The lowest BCUT2D eigenvalue weighted by Gasteiger charge is -2.23. The molecule has 3 nitrogen and oxygen atoms in total. The smallest absolute Gasteiger partial charge is 0.254 e. The van der Waals surface area contributed by atoms with Crippen LogP contribution in [0.3, 0.4) is 0 Å². The molecule has 1 heterocycles. The predicted molar refractivity (Wildman–Crippen MR) is 111 cm³/mol. The molecule has 0 aliphatic rings. The minimum absolute atomic E-state index is 0.0763. The first-order valence-electron chi connectivity index (χ1n) is 9.31. The molecule has 1 aromatic heterocycles. The minimum Gasteiger partial charge on any atom is -0.345 e. The highest BCUT2D eigenvalue weighted by Gasteiger charge is 2.17. The fraction of sp³-hybridized carbons (Fsp3) is 0.261. The van der Waals surface area contributed by atoms with Crippen LogP contribution in [-0.4, -0.2) is 21.9 Å². The normalized spacial score (nSPS) is 10.8. The molecule has 0 N–H and O–H groups in total. The Balaban J connectivity index is 1.78. The monoisotopic (exact) mass is 380 g/mol. The van der Waals surface area contributed by atoms with E-state index < -0.39 is 0 Å². The van der Waals surface area contributed by atoms with Gasteiger partial charge in [0, 0.05) is 35.6 Å². The van der Waals surface area contributed by atoms with Crippen LogP contribution in [0.4, 0.5) is 0 Å². The molecule has 27 heavy (non-hydrogen) atoms. The number of aromatic nitrogens is 1. The van der Waals surface area contributed by atoms with Gasteiger partial charge in [-0.2, -0.15) is 0 Å². The molecule has 1 amide bonds. The molecule has 0 atom stereocenters. The van der Waals surface area contributed by atoms with Crippen molar-refractivity contribution in [1.29, 1.82) is 0 Å². The average molecular weight is 381 g/mol. The Labute approximate surface area is 166 Å². The molecule has 0 spiro atoms. The molecule has 3 aromatic rings. The number of carbonyl (C=O) groups is 1. The van der Waals surface area contributed by atoms with Crippen molar-refractivity contribution in [3.05, 3.63) is 94.3 Å². The van der Waals surface area contributed by atoms with Crippen LogP contribution in [0.15, 0.2) is 66.9 Å².